The van der Waals surface area contributed by atoms with E-state index in [1.807, 2.05) is 22.6 Å². The number of fused-ring (bicyclic) bond motifs is 1. The summed E-state index contributed by atoms with van der Waals surface area (Å²) in [6.07, 6.45) is 1.09. The van der Waals surface area contributed by atoms with E-state index in [0.29, 0.717) is 0 Å². The van der Waals surface area contributed by atoms with Gasteiger partial charge in [-0.3, -0.25) is 0 Å². The summed E-state index contributed by atoms with van der Waals surface area (Å²) in [5.41, 5.74) is 6.05. The van der Waals surface area contributed by atoms with Crippen molar-refractivity contribution >= 4 is 39.2 Å². The van der Waals surface area contributed by atoms with Crippen LogP contribution in [0.5, 0.6) is 0 Å². The molecule has 3 rings (SSSR count). The summed E-state index contributed by atoms with van der Waals surface area (Å²) in [5, 5.41) is -0.0168. The average molecular weight is 403 g/mol. The first-order valence-corrected chi connectivity index (χ1v) is 7.13. The van der Waals surface area contributed by atoms with Crippen molar-refractivity contribution in [2.75, 3.05) is 5.73 Å². The van der Waals surface area contributed by atoms with E-state index in [1.165, 1.54) is 24.5 Å². The summed E-state index contributed by atoms with van der Waals surface area (Å²) in [7, 11) is 0. The molecule has 0 bridgehead atoms. The molecule has 0 unspecified atom stereocenters. The highest BCUT2D eigenvalue weighted by atomic mass is 127. The summed E-state index contributed by atoms with van der Waals surface area (Å²) in [6.45, 7) is 0. The van der Waals surface area contributed by atoms with Crippen molar-refractivity contribution < 1.29 is 17.6 Å². The van der Waals surface area contributed by atoms with Gasteiger partial charge in [0.25, 0.3) is 0 Å². The molecule has 21 heavy (non-hydrogen) atoms. The van der Waals surface area contributed by atoms with Crippen LogP contribution in [0.3, 0.4) is 0 Å². The minimum absolute atomic E-state index is 0.00755. The maximum atomic E-state index is 14.1. The molecule has 1 aromatic heterocycles. The molecule has 3 aromatic rings. The van der Waals surface area contributed by atoms with Gasteiger partial charge in [-0.2, -0.15) is 0 Å². The molecule has 108 valence electrons. The zero-order chi connectivity index (χ0) is 15.1. The normalized spacial score (nSPS) is 11.2. The zero-order valence-corrected chi connectivity index (χ0v) is 12.7. The second kappa shape index (κ2) is 5.25. The molecule has 0 aliphatic rings. The number of rotatable bonds is 2. The standard InChI is InChI=1S/C15H9F3INO/c16-11-6-8(19)2-1-7(11)5-10-13(18)12(17)9-3-4-21-15(9)14(10)20/h1-4,6H,5,20H2. The molecule has 2 aromatic carbocycles. The Morgan fingerprint density at radius 2 is 1.86 bits per heavy atom. The maximum absolute atomic E-state index is 14.1. The van der Waals surface area contributed by atoms with E-state index in [-0.39, 0.29) is 34.2 Å². The highest BCUT2D eigenvalue weighted by Crippen LogP contribution is 2.33. The largest absolute Gasteiger partial charge is 0.462 e. The number of nitrogen functional groups attached to an aromatic ring is 1. The molecular formula is C15H9F3INO. The number of hydrogen-bond donors (Lipinski definition) is 1. The smallest absolute Gasteiger partial charge is 0.170 e. The van der Waals surface area contributed by atoms with Gasteiger partial charge in [-0.05, 0) is 46.4 Å². The first-order valence-electron chi connectivity index (χ1n) is 6.05. The van der Waals surface area contributed by atoms with Crippen molar-refractivity contribution in [2.45, 2.75) is 6.42 Å². The molecule has 1 heterocycles. The van der Waals surface area contributed by atoms with Crippen LogP contribution in [-0.4, -0.2) is 0 Å². The topological polar surface area (TPSA) is 39.2 Å². The van der Waals surface area contributed by atoms with Crippen LogP contribution in [0.4, 0.5) is 18.9 Å². The van der Waals surface area contributed by atoms with E-state index in [2.05, 4.69) is 0 Å². The lowest BCUT2D eigenvalue weighted by Gasteiger charge is -2.10. The molecule has 0 aliphatic carbocycles. The molecular weight excluding hydrogens is 394 g/mol. The van der Waals surface area contributed by atoms with Gasteiger partial charge in [0.15, 0.2) is 17.2 Å². The number of anilines is 1. The molecule has 0 spiro atoms. The van der Waals surface area contributed by atoms with E-state index >= 15 is 0 Å². The van der Waals surface area contributed by atoms with Gasteiger partial charge in [-0.15, -0.1) is 0 Å². The Labute approximate surface area is 131 Å². The molecule has 2 N–H and O–H groups in total. The quantitative estimate of drug-likeness (QED) is 0.501. The van der Waals surface area contributed by atoms with E-state index in [9.17, 15) is 13.2 Å². The highest BCUT2D eigenvalue weighted by Gasteiger charge is 2.21. The summed E-state index contributed by atoms with van der Waals surface area (Å²) in [4.78, 5) is 0. The summed E-state index contributed by atoms with van der Waals surface area (Å²) < 4.78 is 47.8. The van der Waals surface area contributed by atoms with Gasteiger partial charge in [0.05, 0.1) is 17.3 Å². The third kappa shape index (κ3) is 2.37. The Morgan fingerprint density at radius 3 is 2.57 bits per heavy atom. The van der Waals surface area contributed by atoms with Gasteiger partial charge in [-0.1, -0.05) is 6.07 Å². The van der Waals surface area contributed by atoms with E-state index in [0.717, 1.165) is 3.57 Å². The fraction of sp³-hybridized carbons (Fsp3) is 0.0667. The van der Waals surface area contributed by atoms with Crippen LogP contribution >= 0.6 is 22.6 Å². The van der Waals surface area contributed by atoms with Crippen LogP contribution in [0.1, 0.15) is 11.1 Å². The predicted octanol–water partition coefficient (Wildman–Crippen LogP) is 4.63. The maximum Gasteiger partial charge on any atom is 0.170 e. The van der Waals surface area contributed by atoms with Gasteiger partial charge < -0.3 is 10.2 Å². The summed E-state index contributed by atoms with van der Waals surface area (Å²) in [6, 6.07) is 5.85. The van der Waals surface area contributed by atoms with Crippen LogP contribution in [-0.2, 0) is 6.42 Å². The highest BCUT2D eigenvalue weighted by molar-refractivity contribution is 14.1. The Hall–Kier alpha value is -1.70. The molecule has 0 radical (unpaired) electrons. The van der Waals surface area contributed by atoms with Gasteiger partial charge >= 0.3 is 0 Å². The van der Waals surface area contributed by atoms with Crippen molar-refractivity contribution in [1.29, 1.82) is 0 Å². The minimum atomic E-state index is -1.07. The SMILES string of the molecule is Nc1c(Cc2ccc(I)cc2F)c(F)c(F)c2ccoc12. The Balaban J connectivity index is 2.16. The first kappa shape index (κ1) is 14.2. The van der Waals surface area contributed by atoms with Gasteiger partial charge in [0.1, 0.15) is 5.82 Å². The Kier molecular flexibility index (Phi) is 3.56. The Morgan fingerprint density at radius 1 is 1.10 bits per heavy atom. The zero-order valence-electron chi connectivity index (χ0n) is 10.6. The van der Waals surface area contributed by atoms with E-state index in [1.54, 1.807) is 6.07 Å². The van der Waals surface area contributed by atoms with Crippen LogP contribution < -0.4 is 5.73 Å². The minimum Gasteiger partial charge on any atom is -0.462 e. The van der Waals surface area contributed by atoms with E-state index in [4.69, 9.17) is 10.2 Å². The lowest BCUT2D eigenvalue weighted by Crippen LogP contribution is -2.04. The molecule has 0 aliphatic heterocycles. The predicted molar refractivity (Wildman–Crippen MR) is 82.5 cm³/mol. The number of furan rings is 1. The fourth-order valence-electron chi connectivity index (χ4n) is 2.22. The monoisotopic (exact) mass is 403 g/mol. The lowest BCUT2D eigenvalue weighted by atomic mass is 10.0. The molecule has 0 fully saturated rings. The summed E-state index contributed by atoms with van der Waals surface area (Å²) >= 11 is 1.97. The molecule has 0 amide bonds. The van der Waals surface area contributed by atoms with Crippen molar-refractivity contribution in [3.63, 3.8) is 0 Å². The van der Waals surface area contributed by atoms with Gasteiger partial charge in [0.2, 0.25) is 0 Å². The van der Waals surface area contributed by atoms with Crippen LogP contribution in [0.15, 0.2) is 34.9 Å². The number of benzene rings is 2. The molecule has 0 atom stereocenters. The van der Waals surface area contributed by atoms with Crippen LogP contribution in [0.25, 0.3) is 11.0 Å². The average Bonchev–Trinajstić information content (AvgIpc) is 2.93. The summed E-state index contributed by atoms with van der Waals surface area (Å²) in [5.74, 6) is -2.59. The van der Waals surface area contributed by atoms with E-state index < -0.39 is 17.5 Å². The number of hydrogen-bond acceptors (Lipinski definition) is 2. The van der Waals surface area contributed by atoms with Crippen molar-refractivity contribution in [3.05, 3.63) is 62.7 Å². The molecule has 6 heteroatoms. The first-order chi connectivity index (χ1) is 9.99. The van der Waals surface area contributed by atoms with Crippen molar-refractivity contribution in [2.24, 2.45) is 0 Å². The second-order valence-electron chi connectivity index (χ2n) is 4.60. The molecule has 2 nitrogen and oxygen atoms in total. The third-order valence-electron chi connectivity index (χ3n) is 3.31. The lowest BCUT2D eigenvalue weighted by molar-refractivity contribution is 0.507. The fourth-order valence-corrected chi connectivity index (χ4v) is 2.68. The number of nitrogens with two attached hydrogens (primary N) is 1. The molecule has 0 saturated heterocycles. The van der Waals surface area contributed by atoms with Crippen LogP contribution in [0.2, 0.25) is 0 Å². The van der Waals surface area contributed by atoms with Crippen molar-refractivity contribution in [3.8, 4) is 0 Å². The third-order valence-corrected chi connectivity index (χ3v) is 3.98. The van der Waals surface area contributed by atoms with Gasteiger partial charge in [-0.25, -0.2) is 13.2 Å². The Bertz CT molecular complexity index is 845. The van der Waals surface area contributed by atoms with Crippen LogP contribution in [0, 0.1) is 21.0 Å². The second-order valence-corrected chi connectivity index (χ2v) is 5.84. The molecule has 0 saturated carbocycles. The van der Waals surface area contributed by atoms with Crippen molar-refractivity contribution in [1.82, 2.24) is 0 Å². The number of halogens is 4. The van der Waals surface area contributed by atoms with Gasteiger partial charge in [0, 0.05) is 15.6 Å².